The Bertz CT molecular complexity index is 549. The van der Waals surface area contributed by atoms with Gasteiger partial charge in [-0.25, -0.2) is 9.79 Å². The van der Waals surface area contributed by atoms with E-state index in [0.29, 0.717) is 17.9 Å². The molecule has 0 radical (unpaired) electrons. The number of ether oxygens (including phenoxy) is 1. The minimum absolute atomic E-state index is 0.337. The summed E-state index contributed by atoms with van der Waals surface area (Å²) in [5, 5.41) is 0.844. The molecule has 1 aromatic rings. The SMILES string of the molecule is CCOC(=O)C1=C(C)N(C)C(SC)=NC1c1ccco1. The lowest BCUT2D eigenvalue weighted by molar-refractivity contribution is -0.139. The largest absolute Gasteiger partial charge is 0.467 e. The van der Waals surface area contributed by atoms with Crippen LogP contribution in [0.4, 0.5) is 0 Å². The number of carbonyl (C=O) groups excluding carboxylic acids is 1. The van der Waals surface area contributed by atoms with Gasteiger partial charge in [-0.2, -0.15) is 0 Å². The van der Waals surface area contributed by atoms with Crippen LogP contribution in [-0.4, -0.2) is 35.9 Å². The van der Waals surface area contributed by atoms with Gasteiger partial charge in [0.15, 0.2) is 5.17 Å². The number of hydrogen-bond acceptors (Lipinski definition) is 6. The standard InChI is InChI=1S/C14H18N2O3S/c1-5-18-13(17)11-9(2)16(3)14(20-4)15-12(11)10-7-6-8-19-10/h6-8,12H,5H2,1-4H3. The van der Waals surface area contributed by atoms with Crippen LogP contribution < -0.4 is 0 Å². The van der Waals surface area contributed by atoms with Gasteiger partial charge in [0.25, 0.3) is 0 Å². The number of carbonyl (C=O) groups is 1. The molecule has 0 saturated carbocycles. The van der Waals surface area contributed by atoms with E-state index in [0.717, 1.165) is 10.9 Å². The van der Waals surface area contributed by atoms with Crippen LogP contribution in [0.2, 0.25) is 0 Å². The topological polar surface area (TPSA) is 55.0 Å². The van der Waals surface area contributed by atoms with Gasteiger partial charge < -0.3 is 14.1 Å². The van der Waals surface area contributed by atoms with E-state index in [-0.39, 0.29) is 5.97 Å². The first kappa shape index (κ1) is 14.7. The van der Waals surface area contributed by atoms with Crippen molar-refractivity contribution in [1.29, 1.82) is 0 Å². The van der Waals surface area contributed by atoms with Gasteiger partial charge in [-0.15, -0.1) is 0 Å². The summed E-state index contributed by atoms with van der Waals surface area (Å²) in [4.78, 5) is 18.7. The number of thioether (sulfide) groups is 1. The van der Waals surface area contributed by atoms with E-state index in [2.05, 4.69) is 4.99 Å². The Hall–Kier alpha value is -1.69. The molecular weight excluding hydrogens is 276 g/mol. The van der Waals surface area contributed by atoms with Crippen molar-refractivity contribution < 1.29 is 13.9 Å². The summed E-state index contributed by atoms with van der Waals surface area (Å²) in [7, 11) is 1.89. The summed E-state index contributed by atoms with van der Waals surface area (Å²) in [6.07, 6.45) is 3.54. The highest BCUT2D eigenvalue weighted by Crippen LogP contribution is 2.35. The zero-order valence-corrected chi connectivity index (χ0v) is 12.9. The van der Waals surface area contributed by atoms with Crippen LogP contribution in [0.25, 0.3) is 0 Å². The number of furan rings is 1. The van der Waals surface area contributed by atoms with Crippen LogP contribution in [0.15, 0.2) is 39.1 Å². The average Bonchev–Trinajstić information content (AvgIpc) is 2.95. The van der Waals surface area contributed by atoms with Gasteiger partial charge in [-0.3, -0.25) is 0 Å². The number of aliphatic imine (C=N–C) groups is 1. The van der Waals surface area contributed by atoms with Gasteiger partial charge in [-0.1, -0.05) is 11.8 Å². The maximum absolute atomic E-state index is 12.2. The molecule has 1 aromatic heterocycles. The second-order valence-corrected chi connectivity index (χ2v) is 5.09. The molecule has 6 heteroatoms. The second kappa shape index (κ2) is 6.17. The summed E-state index contributed by atoms with van der Waals surface area (Å²) in [6.45, 7) is 4.02. The van der Waals surface area contributed by atoms with Crippen molar-refractivity contribution in [1.82, 2.24) is 4.90 Å². The fraction of sp³-hybridized carbons (Fsp3) is 0.429. The fourth-order valence-electron chi connectivity index (χ4n) is 2.09. The monoisotopic (exact) mass is 294 g/mol. The predicted molar refractivity (Wildman–Crippen MR) is 79.5 cm³/mol. The molecule has 1 aliphatic rings. The van der Waals surface area contributed by atoms with E-state index in [1.807, 2.05) is 31.2 Å². The highest BCUT2D eigenvalue weighted by Gasteiger charge is 2.33. The normalized spacial score (nSPS) is 19.1. The number of esters is 1. The quantitative estimate of drug-likeness (QED) is 0.802. The minimum Gasteiger partial charge on any atom is -0.467 e. The van der Waals surface area contributed by atoms with Crippen molar-refractivity contribution in [3.8, 4) is 0 Å². The number of allylic oxidation sites excluding steroid dienone is 1. The Balaban J connectivity index is 2.48. The van der Waals surface area contributed by atoms with E-state index in [4.69, 9.17) is 9.15 Å². The fourth-order valence-corrected chi connectivity index (χ4v) is 2.72. The maximum atomic E-state index is 12.2. The van der Waals surface area contributed by atoms with Gasteiger partial charge in [0.05, 0.1) is 18.4 Å². The Labute approximate surface area is 122 Å². The van der Waals surface area contributed by atoms with E-state index < -0.39 is 6.04 Å². The van der Waals surface area contributed by atoms with E-state index in [9.17, 15) is 4.79 Å². The first-order chi connectivity index (χ1) is 9.60. The van der Waals surface area contributed by atoms with Crippen molar-refractivity contribution in [2.75, 3.05) is 19.9 Å². The number of amidine groups is 1. The Morgan fingerprint density at radius 2 is 2.35 bits per heavy atom. The molecule has 1 unspecified atom stereocenters. The third kappa shape index (κ3) is 2.60. The summed E-state index contributed by atoms with van der Waals surface area (Å²) in [6, 6.07) is 3.17. The molecule has 2 heterocycles. The molecule has 0 N–H and O–H groups in total. The lowest BCUT2D eigenvalue weighted by Crippen LogP contribution is -2.32. The highest BCUT2D eigenvalue weighted by molar-refractivity contribution is 8.13. The number of rotatable bonds is 3. The molecule has 0 spiro atoms. The maximum Gasteiger partial charge on any atom is 0.338 e. The van der Waals surface area contributed by atoms with Crippen LogP contribution in [0, 0.1) is 0 Å². The van der Waals surface area contributed by atoms with Crippen molar-refractivity contribution in [3.63, 3.8) is 0 Å². The summed E-state index contributed by atoms with van der Waals surface area (Å²) in [5.74, 6) is 0.300. The molecule has 0 amide bonds. The van der Waals surface area contributed by atoms with Crippen molar-refractivity contribution in [2.24, 2.45) is 4.99 Å². The van der Waals surface area contributed by atoms with Crippen LogP contribution in [0.3, 0.4) is 0 Å². The summed E-state index contributed by atoms with van der Waals surface area (Å²) >= 11 is 1.53. The molecule has 1 aliphatic heterocycles. The van der Waals surface area contributed by atoms with Crippen molar-refractivity contribution >= 4 is 22.9 Å². The van der Waals surface area contributed by atoms with Crippen molar-refractivity contribution in [3.05, 3.63) is 35.4 Å². The molecule has 20 heavy (non-hydrogen) atoms. The molecule has 0 fully saturated rings. The van der Waals surface area contributed by atoms with Gasteiger partial charge in [0.1, 0.15) is 11.8 Å². The molecule has 0 aliphatic carbocycles. The van der Waals surface area contributed by atoms with E-state index in [1.54, 1.807) is 19.3 Å². The average molecular weight is 294 g/mol. The van der Waals surface area contributed by atoms with Crippen LogP contribution in [-0.2, 0) is 9.53 Å². The first-order valence-electron chi connectivity index (χ1n) is 6.37. The molecule has 1 atom stereocenters. The third-order valence-corrected chi connectivity index (χ3v) is 3.93. The van der Waals surface area contributed by atoms with Crippen LogP contribution >= 0.6 is 11.8 Å². The van der Waals surface area contributed by atoms with E-state index >= 15 is 0 Å². The number of hydrogen-bond donors (Lipinski definition) is 0. The van der Waals surface area contributed by atoms with Gasteiger partial charge in [-0.05, 0) is 32.2 Å². The molecule has 5 nitrogen and oxygen atoms in total. The molecule has 0 saturated heterocycles. The highest BCUT2D eigenvalue weighted by atomic mass is 32.2. The molecule has 0 bridgehead atoms. The lowest BCUT2D eigenvalue weighted by atomic mass is 10.0. The molecule has 0 aromatic carbocycles. The van der Waals surface area contributed by atoms with E-state index in [1.165, 1.54) is 11.8 Å². The minimum atomic E-state index is -0.442. The number of nitrogens with zero attached hydrogens (tertiary/aromatic N) is 2. The first-order valence-corrected chi connectivity index (χ1v) is 7.59. The molecular formula is C14H18N2O3S. The predicted octanol–water partition coefficient (Wildman–Crippen LogP) is 2.82. The van der Waals surface area contributed by atoms with Gasteiger partial charge in [0.2, 0.25) is 0 Å². The smallest absolute Gasteiger partial charge is 0.338 e. The summed E-state index contributed by atoms with van der Waals surface area (Å²) < 4.78 is 10.6. The van der Waals surface area contributed by atoms with Gasteiger partial charge in [0, 0.05) is 12.7 Å². The third-order valence-electron chi connectivity index (χ3n) is 3.18. The molecule has 2 rings (SSSR count). The Kier molecular flexibility index (Phi) is 4.54. The lowest BCUT2D eigenvalue weighted by Gasteiger charge is -2.30. The molecule has 108 valence electrons. The van der Waals surface area contributed by atoms with Crippen LogP contribution in [0.5, 0.6) is 0 Å². The second-order valence-electron chi connectivity index (χ2n) is 4.31. The Morgan fingerprint density at radius 3 is 2.90 bits per heavy atom. The van der Waals surface area contributed by atoms with Crippen molar-refractivity contribution in [2.45, 2.75) is 19.9 Å². The van der Waals surface area contributed by atoms with Gasteiger partial charge >= 0.3 is 5.97 Å². The zero-order valence-electron chi connectivity index (χ0n) is 12.0. The Morgan fingerprint density at radius 1 is 1.60 bits per heavy atom. The zero-order chi connectivity index (χ0) is 14.7. The van der Waals surface area contributed by atoms with Crippen LogP contribution in [0.1, 0.15) is 25.6 Å². The summed E-state index contributed by atoms with van der Waals surface area (Å²) in [5.41, 5.74) is 1.37.